The first-order valence-corrected chi connectivity index (χ1v) is 8.72. The van der Waals surface area contributed by atoms with Crippen LogP contribution in [0.1, 0.15) is 21.9 Å². The quantitative estimate of drug-likeness (QED) is 0.820. The highest BCUT2D eigenvalue weighted by Gasteiger charge is 2.23. The number of pyridine rings is 1. The summed E-state index contributed by atoms with van der Waals surface area (Å²) in [6, 6.07) is 4.16. The summed E-state index contributed by atoms with van der Waals surface area (Å²) in [5.41, 5.74) is 1.29. The minimum absolute atomic E-state index is 0.774. The van der Waals surface area contributed by atoms with Gasteiger partial charge < -0.3 is 4.90 Å². The highest BCUT2D eigenvalue weighted by Crippen LogP contribution is 2.22. The summed E-state index contributed by atoms with van der Waals surface area (Å²) >= 11 is 1.82. The third-order valence-electron chi connectivity index (χ3n) is 4.16. The lowest BCUT2D eigenvalue weighted by Crippen LogP contribution is -2.27. The SMILES string of the molecule is Cc1ncc(CN2CC[C@@H](CN(C)Cc3cccnc3)C2)s1. The lowest BCUT2D eigenvalue weighted by molar-refractivity contribution is 0.255. The van der Waals surface area contributed by atoms with Crippen LogP contribution >= 0.6 is 11.3 Å². The average Bonchev–Trinajstić information content (AvgIpc) is 3.09. The number of nitrogens with zero attached hydrogens (tertiary/aromatic N) is 4. The highest BCUT2D eigenvalue weighted by molar-refractivity contribution is 7.11. The van der Waals surface area contributed by atoms with Gasteiger partial charge >= 0.3 is 0 Å². The minimum Gasteiger partial charge on any atom is -0.302 e. The van der Waals surface area contributed by atoms with Crippen molar-refractivity contribution in [2.75, 3.05) is 26.7 Å². The van der Waals surface area contributed by atoms with Crippen LogP contribution in [0, 0.1) is 12.8 Å². The Morgan fingerprint density at radius 2 is 2.32 bits per heavy atom. The van der Waals surface area contributed by atoms with Gasteiger partial charge in [-0.25, -0.2) is 4.98 Å². The van der Waals surface area contributed by atoms with E-state index in [9.17, 15) is 0 Å². The number of hydrogen-bond acceptors (Lipinski definition) is 5. The van der Waals surface area contributed by atoms with Gasteiger partial charge in [0.2, 0.25) is 0 Å². The highest BCUT2D eigenvalue weighted by atomic mass is 32.1. The van der Waals surface area contributed by atoms with Gasteiger partial charge in [0.15, 0.2) is 0 Å². The van der Waals surface area contributed by atoms with Gasteiger partial charge in [-0.1, -0.05) is 6.07 Å². The second-order valence-electron chi connectivity index (χ2n) is 6.29. The zero-order valence-corrected chi connectivity index (χ0v) is 14.2. The Morgan fingerprint density at radius 3 is 3.05 bits per heavy atom. The van der Waals surface area contributed by atoms with Crippen LogP contribution in [0.15, 0.2) is 30.7 Å². The fraction of sp³-hybridized carbons (Fsp3) is 0.529. The summed E-state index contributed by atoms with van der Waals surface area (Å²) in [4.78, 5) is 14.9. The molecule has 3 rings (SSSR count). The van der Waals surface area contributed by atoms with Crippen molar-refractivity contribution in [3.8, 4) is 0 Å². The maximum absolute atomic E-state index is 4.35. The fourth-order valence-electron chi connectivity index (χ4n) is 3.21. The molecule has 1 aliphatic heterocycles. The molecule has 1 fully saturated rings. The molecule has 5 heteroatoms. The van der Waals surface area contributed by atoms with E-state index in [2.05, 4.69) is 39.8 Å². The Labute approximate surface area is 136 Å². The molecule has 1 aliphatic rings. The largest absolute Gasteiger partial charge is 0.302 e. The van der Waals surface area contributed by atoms with Gasteiger partial charge in [-0.15, -0.1) is 11.3 Å². The van der Waals surface area contributed by atoms with E-state index in [-0.39, 0.29) is 0 Å². The van der Waals surface area contributed by atoms with Crippen LogP contribution in [0.5, 0.6) is 0 Å². The third kappa shape index (κ3) is 4.35. The van der Waals surface area contributed by atoms with Crippen molar-refractivity contribution in [1.82, 2.24) is 19.8 Å². The Kier molecular flexibility index (Phi) is 5.18. The molecule has 0 unspecified atom stereocenters. The maximum Gasteiger partial charge on any atom is 0.0897 e. The van der Waals surface area contributed by atoms with Crippen LogP contribution < -0.4 is 0 Å². The van der Waals surface area contributed by atoms with Gasteiger partial charge in [-0.05, 0) is 44.5 Å². The molecule has 118 valence electrons. The number of rotatable bonds is 6. The smallest absolute Gasteiger partial charge is 0.0897 e. The Bertz CT molecular complexity index is 583. The second kappa shape index (κ2) is 7.31. The standard InChI is InChI=1S/C17H24N4S/c1-14-19-9-17(22-14)13-21-7-5-16(12-21)11-20(2)10-15-4-3-6-18-8-15/h3-4,6,8-9,16H,5,7,10-13H2,1-2H3/t16-/m0/s1. The first kappa shape index (κ1) is 15.6. The number of thiazole rings is 1. The van der Waals surface area contributed by atoms with Crippen LogP contribution in [0.3, 0.4) is 0 Å². The van der Waals surface area contributed by atoms with Crippen molar-refractivity contribution in [1.29, 1.82) is 0 Å². The Hall–Kier alpha value is -1.30. The summed E-state index contributed by atoms with van der Waals surface area (Å²) < 4.78 is 0. The van der Waals surface area contributed by atoms with Gasteiger partial charge in [-0.3, -0.25) is 9.88 Å². The maximum atomic E-state index is 4.35. The van der Waals surface area contributed by atoms with Gasteiger partial charge in [0, 0.05) is 49.6 Å². The second-order valence-corrected chi connectivity index (χ2v) is 7.61. The summed E-state index contributed by atoms with van der Waals surface area (Å²) in [7, 11) is 2.21. The molecule has 1 atom stereocenters. The number of aromatic nitrogens is 2. The molecule has 0 saturated carbocycles. The molecule has 2 aromatic rings. The monoisotopic (exact) mass is 316 g/mol. The van der Waals surface area contributed by atoms with E-state index in [0.717, 1.165) is 25.6 Å². The van der Waals surface area contributed by atoms with Crippen molar-refractivity contribution in [2.45, 2.75) is 26.4 Å². The molecule has 0 N–H and O–H groups in total. The predicted octanol–water partition coefficient (Wildman–Crippen LogP) is 2.80. The molecule has 0 aromatic carbocycles. The van der Waals surface area contributed by atoms with E-state index >= 15 is 0 Å². The van der Waals surface area contributed by atoms with Crippen molar-refractivity contribution >= 4 is 11.3 Å². The number of aryl methyl sites for hydroxylation is 1. The van der Waals surface area contributed by atoms with Gasteiger partial charge in [0.05, 0.1) is 5.01 Å². The molecule has 0 amide bonds. The summed E-state index contributed by atoms with van der Waals surface area (Å²) in [6.07, 6.45) is 7.13. The molecule has 4 nitrogen and oxygen atoms in total. The summed E-state index contributed by atoms with van der Waals surface area (Å²) in [6.45, 7) is 7.70. The molecular formula is C17H24N4S. The molecule has 2 aromatic heterocycles. The molecule has 22 heavy (non-hydrogen) atoms. The zero-order valence-electron chi connectivity index (χ0n) is 13.4. The third-order valence-corrected chi connectivity index (χ3v) is 5.06. The van der Waals surface area contributed by atoms with E-state index in [1.54, 1.807) is 0 Å². The van der Waals surface area contributed by atoms with Crippen molar-refractivity contribution in [3.05, 3.63) is 46.2 Å². The van der Waals surface area contributed by atoms with Crippen LogP contribution in [-0.2, 0) is 13.1 Å². The predicted molar refractivity (Wildman–Crippen MR) is 90.8 cm³/mol. The average molecular weight is 316 g/mol. The van der Waals surface area contributed by atoms with Crippen LogP contribution in [0.2, 0.25) is 0 Å². The van der Waals surface area contributed by atoms with Crippen LogP contribution in [0.25, 0.3) is 0 Å². The van der Waals surface area contributed by atoms with Gasteiger partial charge in [0.25, 0.3) is 0 Å². The van der Waals surface area contributed by atoms with Crippen LogP contribution in [-0.4, -0.2) is 46.4 Å². The lowest BCUT2D eigenvalue weighted by atomic mass is 10.1. The molecular weight excluding hydrogens is 292 g/mol. The molecule has 0 radical (unpaired) electrons. The molecule has 0 aliphatic carbocycles. The van der Waals surface area contributed by atoms with Crippen molar-refractivity contribution < 1.29 is 0 Å². The van der Waals surface area contributed by atoms with E-state index < -0.39 is 0 Å². The van der Waals surface area contributed by atoms with E-state index in [1.807, 2.05) is 36.0 Å². The van der Waals surface area contributed by atoms with E-state index in [4.69, 9.17) is 0 Å². The van der Waals surface area contributed by atoms with Crippen molar-refractivity contribution in [2.24, 2.45) is 5.92 Å². The lowest BCUT2D eigenvalue weighted by Gasteiger charge is -2.21. The first-order chi connectivity index (χ1) is 10.7. The topological polar surface area (TPSA) is 32.3 Å². The first-order valence-electron chi connectivity index (χ1n) is 7.90. The number of likely N-dealkylation sites (tertiary alicyclic amines) is 1. The van der Waals surface area contributed by atoms with E-state index in [1.165, 1.54) is 35.0 Å². The normalized spacial score (nSPS) is 19.1. The Balaban J connectivity index is 1.44. The summed E-state index contributed by atoms with van der Waals surface area (Å²) in [5, 5.41) is 1.17. The van der Waals surface area contributed by atoms with Gasteiger partial charge in [-0.2, -0.15) is 0 Å². The molecule has 0 bridgehead atoms. The zero-order chi connectivity index (χ0) is 15.4. The molecule has 0 spiro atoms. The van der Waals surface area contributed by atoms with Crippen LogP contribution in [0.4, 0.5) is 0 Å². The molecule has 3 heterocycles. The fourth-order valence-corrected chi connectivity index (χ4v) is 4.05. The van der Waals surface area contributed by atoms with E-state index in [0.29, 0.717) is 0 Å². The molecule has 1 saturated heterocycles. The van der Waals surface area contributed by atoms with Gasteiger partial charge in [0.1, 0.15) is 0 Å². The minimum atomic E-state index is 0.774. The Morgan fingerprint density at radius 1 is 1.41 bits per heavy atom. The number of hydrogen-bond donors (Lipinski definition) is 0. The summed E-state index contributed by atoms with van der Waals surface area (Å²) in [5.74, 6) is 0.774. The van der Waals surface area contributed by atoms with Crippen molar-refractivity contribution in [3.63, 3.8) is 0 Å².